The number of ether oxygens (including phenoxy) is 1. The normalized spacial score (nSPS) is 13.5. The summed E-state index contributed by atoms with van der Waals surface area (Å²) in [6.45, 7) is 7.62. The summed E-state index contributed by atoms with van der Waals surface area (Å²) in [5, 5.41) is 3.72. The number of hydrogen-bond donors (Lipinski definition) is 1. The lowest BCUT2D eigenvalue weighted by Crippen LogP contribution is -2.39. The molecule has 84 valence electrons. The SMILES string of the molecule is CC[C@@H](CCBr)NC(=O)OC(C)(C)C. The molecule has 0 aromatic rings. The number of nitrogens with one attached hydrogen (secondary N) is 1. The van der Waals surface area contributed by atoms with Crippen LogP contribution in [0.1, 0.15) is 40.5 Å². The van der Waals surface area contributed by atoms with Crippen molar-refractivity contribution in [2.45, 2.75) is 52.2 Å². The van der Waals surface area contributed by atoms with Crippen LogP contribution in [0.5, 0.6) is 0 Å². The topological polar surface area (TPSA) is 38.3 Å². The van der Waals surface area contributed by atoms with E-state index in [0.29, 0.717) is 0 Å². The summed E-state index contributed by atoms with van der Waals surface area (Å²) in [5.74, 6) is 0. The molecule has 1 atom stereocenters. The van der Waals surface area contributed by atoms with E-state index in [4.69, 9.17) is 4.74 Å². The van der Waals surface area contributed by atoms with Crippen molar-refractivity contribution in [1.29, 1.82) is 0 Å². The molecule has 0 bridgehead atoms. The second-order valence-corrected chi connectivity index (χ2v) is 5.02. The van der Waals surface area contributed by atoms with Gasteiger partial charge in [0, 0.05) is 11.4 Å². The second kappa shape index (κ2) is 6.27. The van der Waals surface area contributed by atoms with Crippen LogP contribution in [0.3, 0.4) is 0 Å². The molecule has 0 spiro atoms. The first-order valence-corrected chi connectivity index (χ1v) is 6.06. The van der Waals surface area contributed by atoms with E-state index in [1.807, 2.05) is 27.7 Å². The lowest BCUT2D eigenvalue weighted by molar-refractivity contribution is 0.0502. The monoisotopic (exact) mass is 265 g/mol. The number of alkyl carbamates (subject to hydrolysis) is 1. The van der Waals surface area contributed by atoms with E-state index in [0.717, 1.165) is 18.2 Å². The third-order valence-corrected chi connectivity index (χ3v) is 2.13. The number of hydrogen-bond acceptors (Lipinski definition) is 2. The van der Waals surface area contributed by atoms with Crippen LogP contribution >= 0.6 is 15.9 Å². The molecule has 0 rings (SSSR count). The summed E-state index contributed by atoms with van der Waals surface area (Å²) in [6.07, 6.45) is 1.52. The number of carbonyl (C=O) groups is 1. The van der Waals surface area contributed by atoms with Gasteiger partial charge in [0.15, 0.2) is 0 Å². The summed E-state index contributed by atoms with van der Waals surface area (Å²) >= 11 is 3.35. The van der Waals surface area contributed by atoms with Gasteiger partial charge in [-0.25, -0.2) is 4.79 Å². The Morgan fingerprint density at radius 1 is 1.50 bits per heavy atom. The van der Waals surface area contributed by atoms with E-state index in [2.05, 4.69) is 21.2 Å². The molecule has 4 heteroatoms. The summed E-state index contributed by atoms with van der Waals surface area (Å²) in [6, 6.07) is 0.198. The molecular weight excluding hydrogens is 246 g/mol. The first-order chi connectivity index (χ1) is 6.39. The van der Waals surface area contributed by atoms with Gasteiger partial charge < -0.3 is 10.1 Å². The number of halogens is 1. The molecule has 0 saturated heterocycles. The molecule has 1 amide bonds. The fourth-order valence-corrected chi connectivity index (χ4v) is 1.54. The Balaban J connectivity index is 3.91. The first kappa shape index (κ1) is 13.8. The molecular formula is C10H20BrNO2. The summed E-state index contributed by atoms with van der Waals surface area (Å²) in [5.41, 5.74) is -0.420. The van der Waals surface area contributed by atoms with Crippen LogP contribution in [-0.2, 0) is 4.74 Å². The van der Waals surface area contributed by atoms with E-state index in [9.17, 15) is 4.79 Å². The predicted octanol–water partition coefficient (Wildman–Crippen LogP) is 3.07. The molecule has 0 aliphatic heterocycles. The number of rotatable bonds is 4. The highest BCUT2D eigenvalue weighted by Gasteiger charge is 2.18. The molecule has 0 unspecified atom stereocenters. The highest BCUT2D eigenvalue weighted by molar-refractivity contribution is 9.09. The predicted molar refractivity (Wildman–Crippen MR) is 61.9 cm³/mol. The third-order valence-electron chi connectivity index (χ3n) is 1.67. The van der Waals surface area contributed by atoms with Gasteiger partial charge in [0.2, 0.25) is 0 Å². The van der Waals surface area contributed by atoms with E-state index in [1.165, 1.54) is 0 Å². The van der Waals surface area contributed by atoms with Crippen molar-refractivity contribution in [3.05, 3.63) is 0 Å². The van der Waals surface area contributed by atoms with Crippen molar-refractivity contribution in [3.8, 4) is 0 Å². The summed E-state index contributed by atoms with van der Waals surface area (Å²) in [7, 11) is 0. The number of alkyl halides is 1. The van der Waals surface area contributed by atoms with Gasteiger partial charge in [-0.15, -0.1) is 0 Å². The Morgan fingerprint density at radius 2 is 2.07 bits per heavy atom. The molecule has 0 aliphatic carbocycles. The van der Waals surface area contributed by atoms with Crippen molar-refractivity contribution in [2.24, 2.45) is 0 Å². The van der Waals surface area contributed by atoms with Crippen LogP contribution < -0.4 is 5.32 Å². The van der Waals surface area contributed by atoms with Gasteiger partial charge in [0.1, 0.15) is 5.60 Å². The van der Waals surface area contributed by atoms with E-state index >= 15 is 0 Å². The van der Waals surface area contributed by atoms with Gasteiger partial charge in [-0.05, 0) is 33.6 Å². The molecule has 0 heterocycles. The lowest BCUT2D eigenvalue weighted by atomic mass is 10.2. The van der Waals surface area contributed by atoms with E-state index in [-0.39, 0.29) is 12.1 Å². The quantitative estimate of drug-likeness (QED) is 0.794. The molecule has 14 heavy (non-hydrogen) atoms. The average Bonchev–Trinajstić information content (AvgIpc) is 2.00. The van der Waals surface area contributed by atoms with Gasteiger partial charge in [-0.3, -0.25) is 0 Å². The molecule has 0 fully saturated rings. The van der Waals surface area contributed by atoms with Crippen molar-refractivity contribution in [3.63, 3.8) is 0 Å². The molecule has 3 nitrogen and oxygen atoms in total. The van der Waals surface area contributed by atoms with Crippen LogP contribution in [0.15, 0.2) is 0 Å². The Labute approximate surface area is 94.7 Å². The maximum atomic E-state index is 11.4. The van der Waals surface area contributed by atoms with Crippen LogP contribution in [0, 0.1) is 0 Å². The van der Waals surface area contributed by atoms with Crippen LogP contribution in [-0.4, -0.2) is 23.1 Å². The molecule has 0 radical (unpaired) electrons. The number of carbonyl (C=O) groups excluding carboxylic acids is 1. The van der Waals surface area contributed by atoms with Crippen LogP contribution in [0.2, 0.25) is 0 Å². The van der Waals surface area contributed by atoms with Gasteiger partial charge >= 0.3 is 6.09 Å². The fourth-order valence-electron chi connectivity index (χ4n) is 0.984. The van der Waals surface area contributed by atoms with Crippen molar-refractivity contribution < 1.29 is 9.53 Å². The van der Waals surface area contributed by atoms with Crippen molar-refractivity contribution >= 4 is 22.0 Å². The zero-order chi connectivity index (χ0) is 11.2. The molecule has 0 aromatic carbocycles. The largest absolute Gasteiger partial charge is 0.444 e. The summed E-state index contributed by atoms with van der Waals surface area (Å²) in [4.78, 5) is 11.4. The van der Waals surface area contributed by atoms with Gasteiger partial charge in [0.25, 0.3) is 0 Å². The fraction of sp³-hybridized carbons (Fsp3) is 0.900. The maximum absolute atomic E-state index is 11.4. The van der Waals surface area contributed by atoms with Gasteiger partial charge in [-0.2, -0.15) is 0 Å². The average molecular weight is 266 g/mol. The third kappa shape index (κ3) is 7.18. The highest BCUT2D eigenvalue weighted by atomic mass is 79.9. The van der Waals surface area contributed by atoms with Crippen molar-refractivity contribution in [2.75, 3.05) is 5.33 Å². The molecule has 0 aliphatic rings. The summed E-state index contributed by atoms with van der Waals surface area (Å²) < 4.78 is 5.15. The van der Waals surface area contributed by atoms with E-state index in [1.54, 1.807) is 0 Å². The minimum atomic E-state index is -0.420. The Kier molecular flexibility index (Phi) is 6.16. The van der Waals surface area contributed by atoms with Gasteiger partial charge in [-0.1, -0.05) is 22.9 Å². The Hall–Kier alpha value is -0.250. The molecule has 0 saturated carbocycles. The zero-order valence-corrected chi connectivity index (χ0v) is 11.0. The first-order valence-electron chi connectivity index (χ1n) is 4.94. The van der Waals surface area contributed by atoms with E-state index < -0.39 is 5.60 Å². The minimum Gasteiger partial charge on any atom is -0.444 e. The van der Waals surface area contributed by atoms with Crippen molar-refractivity contribution in [1.82, 2.24) is 5.32 Å². The molecule has 0 aromatic heterocycles. The molecule has 1 N–H and O–H groups in total. The second-order valence-electron chi connectivity index (χ2n) is 4.23. The van der Waals surface area contributed by atoms with Gasteiger partial charge in [0.05, 0.1) is 0 Å². The highest BCUT2D eigenvalue weighted by Crippen LogP contribution is 2.08. The maximum Gasteiger partial charge on any atom is 0.407 e. The lowest BCUT2D eigenvalue weighted by Gasteiger charge is -2.22. The Bertz CT molecular complexity index is 177. The zero-order valence-electron chi connectivity index (χ0n) is 9.39. The van der Waals surface area contributed by atoms with Crippen LogP contribution in [0.4, 0.5) is 4.79 Å². The van der Waals surface area contributed by atoms with Crippen LogP contribution in [0.25, 0.3) is 0 Å². The standard InChI is InChI=1S/C10H20BrNO2/c1-5-8(6-7-11)12-9(13)14-10(2,3)4/h8H,5-7H2,1-4H3,(H,12,13)/t8-/m0/s1. The number of amides is 1. The minimum absolute atomic E-state index is 0.198. The Morgan fingerprint density at radius 3 is 2.43 bits per heavy atom. The smallest absolute Gasteiger partial charge is 0.407 e.